The fraction of sp³-hybridized carbons (Fsp3) is 0.400. The summed E-state index contributed by atoms with van der Waals surface area (Å²) in [5, 5.41) is 0. The molecule has 0 heterocycles. The number of hydrogen-bond donors (Lipinski definition) is 0. The molecule has 0 aromatic heterocycles. The SMILES string of the molecule is C.C.[Br-].[CH2]C=C.[Pt]. The molecule has 0 aromatic rings. The van der Waals surface area contributed by atoms with Crippen LogP contribution in [0.4, 0.5) is 0 Å². The maximum absolute atomic E-state index is 3.25. The third-order valence-corrected chi connectivity index (χ3v) is 0. The van der Waals surface area contributed by atoms with Crippen molar-refractivity contribution >= 4 is 0 Å². The van der Waals surface area contributed by atoms with Gasteiger partial charge in [0.2, 0.25) is 0 Å². The van der Waals surface area contributed by atoms with Crippen LogP contribution in [0.2, 0.25) is 0 Å². The molecule has 0 nitrogen and oxygen atoms in total. The van der Waals surface area contributed by atoms with Crippen LogP contribution in [0.1, 0.15) is 14.9 Å². The van der Waals surface area contributed by atoms with Crippen molar-refractivity contribution in [1.82, 2.24) is 0 Å². The van der Waals surface area contributed by atoms with E-state index in [2.05, 4.69) is 13.5 Å². The first-order valence-electron chi connectivity index (χ1n) is 0.816. The first-order chi connectivity index (χ1) is 1.41. The molecule has 0 amide bonds. The second-order valence-electron chi connectivity index (χ2n) is 0.289. The van der Waals surface area contributed by atoms with Gasteiger partial charge < -0.3 is 17.0 Å². The van der Waals surface area contributed by atoms with E-state index in [1.807, 2.05) is 0 Å². The molecule has 2 heteroatoms. The van der Waals surface area contributed by atoms with Crippen LogP contribution in [-0.4, -0.2) is 0 Å². The van der Waals surface area contributed by atoms with Gasteiger partial charge in [-0.05, 0) is 6.92 Å². The van der Waals surface area contributed by atoms with Gasteiger partial charge >= 0.3 is 0 Å². The minimum absolute atomic E-state index is 0. The zero-order chi connectivity index (χ0) is 2.71. The molecule has 1 radical (unpaired) electrons. The van der Waals surface area contributed by atoms with Crippen molar-refractivity contribution in [3.05, 3.63) is 19.6 Å². The van der Waals surface area contributed by atoms with Crippen LogP contribution < -0.4 is 17.0 Å². The predicted molar refractivity (Wildman–Crippen MR) is 29.0 cm³/mol. The zero-order valence-corrected chi connectivity index (χ0v) is 6.54. The van der Waals surface area contributed by atoms with E-state index in [1.54, 1.807) is 0 Å². The topological polar surface area (TPSA) is 0 Å². The third kappa shape index (κ3) is 202. The Labute approximate surface area is 72.4 Å². The van der Waals surface area contributed by atoms with E-state index < -0.39 is 0 Å². The quantitative estimate of drug-likeness (QED) is 0.542. The van der Waals surface area contributed by atoms with Gasteiger partial charge in [0.1, 0.15) is 0 Å². The Kier molecular flexibility index (Phi) is 422. The molecule has 0 atom stereocenters. The van der Waals surface area contributed by atoms with E-state index in [0.29, 0.717) is 0 Å². The number of hydrogen-bond acceptors (Lipinski definition) is 0. The number of allylic oxidation sites excluding steroid dienone is 1. The average Bonchev–Trinajstić information content (AvgIpc) is 0.918. The van der Waals surface area contributed by atoms with Gasteiger partial charge in [-0.2, -0.15) is 0 Å². The van der Waals surface area contributed by atoms with Crippen molar-refractivity contribution in [3.8, 4) is 0 Å². The average molecular weight is 348 g/mol. The van der Waals surface area contributed by atoms with Crippen LogP contribution in [-0.2, 0) is 21.1 Å². The van der Waals surface area contributed by atoms with Crippen LogP contribution in [0.25, 0.3) is 0 Å². The van der Waals surface area contributed by atoms with Crippen molar-refractivity contribution < 1.29 is 38.0 Å². The molecule has 0 aromatic carbocycles. The Morgan fingerprint density at radius 3 is 1.14 bits per heavy atom. The van der Waals surface area contributed by atoms with Gasteiger partial charge in [-0.15, -0.1) is 6.58 Å². The summed E-state index contributed by atoms with van der Waals surface area (Å²) in [5.41, 5.74) is 0. The Balaban J connectivity index is -0.00000000333. The Hall–Kier alpha value is 0.908. The molecule has 0 N–H and O–H groups in total. The Morgan fingerprint density at radius 2 is 1.14 bits per heavy atom. The molecule has 0 aliphatic rings. The third-order valence-electron chi connectivity index (χ3n) is 0. The molecule has 7 heavy (non-hydrogen) atoms. The molecule has 0 rings (SSSR count). The zero-order valence-electron chi connectivity index (χ0n) is 2.69. The summed E-state index contributed by atoms with van der Waals surface area (Å²) in [7, 11) is 0. The van der Waals surface area contributed by atoms with Gasteiger partial charge in [-0.3, -0.25) is 0 Å². The van der Waals surface area contributed by atoms with Crippen molar-refractivity contribution in [3.63, 3.8) is 0 Å². The summed E-state index contributed by atoms with van der Waals surface area (Å²) >= 11 is 0. The summed E-state index contributed by atoms with van der Waals surface area (Å²) in [6.45, 7) is 6.50. The number of halogens is 1. The molecule has 0 saturated heterocycles. The summed E-state index contributed by atoms with van der Waals surface area (Å²) in [5.74, 6) is 0. The van der Waals surface area contributed by atoms with Crippen LogP contribution >= 0.6 is 0 Å². The molecular weight excluding hydrogens is 335 g/mol. The van der Waals surface area contributed by atoms with Crippen LogP contribution in [0.15, 0.2) is 12.7 Å². The van der Waals surface area contributed by atoms with Crippen LogP contribution in [0.5, 0.6) is 0 Å². The Morgan fingerprint density at radius 1 is 1.14 bits per heavy atom. The molecule has 0 aliphatic carbocycles. The second-order valence-corrected chi connectivity index (χ2v) is 0.289. The largest absolute Gasteiger partial charge is 1.00 e. The predicted octanol–water partition coefficient (Wildman–Crippen LogP) is -0.720. The molecule has 0 bridgehead atoms. The first-order valence-corrected chi connectivity index (χ1v) is 0.816. The van der Waals surface area contributed by atoms with E-state index in [-0.39, 0.29) is 52.9 Å². The van der Waals surface area contributed by atoms with Gasteiger partial charge in [0.15, 0.2) is 0 Å². The monoisotopic (exact) mass is 347 g/mol. The van der Waals surface area contributed by atoms with Gasteiger partial charge in [0, 0.05) is 21.1 Å². The summed E-state index contributed by atoms with van der Waals surface area (Å²) in [4.78, 5) is 0. The van der Waals surface area contributed by atoms with E-state index in [9.17, 15) is 0 Å². The minimum Gasteiger partial charge on any atom is -1.00 e. The van der Waals surface area contributed by atoms with Gasteiger partial charge in [-0.1, -0.05) is 20.9 Å². The van der Waals surface area contributed by atoms with Crippen LogP contribution in [0.3, 0.4) is 0 Å². The molecule has 0 aliphatic heterocycles. The van der Waals surface area contributed by atoms with E-state index >= 15 is 0 Å². The molecule has 0 spiro atoms. The van der Waals surface area contributed by atoms with Gasteiger partial charge in [0.25, 0.3) is 0 Å². The Bertz CT molecular complexity index is 15.6. The van der Waals surface area contributed by atoms with Gasteiger partial charge in [0.05, 0.1) is 0 Å². The van der Waals surface area contributed by atoms with E-state index in [4.69, 9.17) is 0 Å². The standard InChI is InChI=1S/C3H5.2CH4.BrH.Pt/c1-3-2;;;;/h3H,1-2H2;2*1H4;1H;/p-1. The first kappa shape index (κ1) is 44.6. The summed E-state index contributed by atoms with van der Waals surface area (Å²) in [6.07, 6.45) is 1.50. The smallest absolute Gasteiger partial charge is 0 e. The number of rotatable bonds is 0. The van der Waals surface area contributed by atoms with Crippen molar-refractivity contribution in [2.24, 2.45) is 0 Å². The van der Waals surface area contributed by atoms with E-state index in [0.717, 1.165) is 0 Å². The molecule has 0 fully saturated rings. The van der Waals surface area contributed by atoms with E-state index in [1.165, 1.54) is 6.08 Å². The van der Waals surface area contributed by atoms with Crippen LogP contribution in [0, 0.1) is 6.92 Å². The summed E-state index contributed by atoms with van der Waals surface area (Å²) < 4.78 is 0. The molecule has 0 unspecified atom stereocenters. The molecule has 0 saturated carbocycles. The summed E-state index contributed by atoms with van der Waals surface area (Å²) in [6, 6.07) is 0. The van der Waals surface area contributed by atoms with Crippen molar-refractivity contribution in [2.45, 2.75) is 14.9 Å². The van der Waals surface area contributed by atoms with Gasteiger partial charge in [-0.25, -0.2) is 0 Å². The maximum atomic E-state index is 3.25. The fourth-order valence-corrected chi connectivity index (χ4v) is 0. The molecular formula is C5H13BrPt-. The minimum atomic E-state index is 0. The normalized spacial score (nSPS) is 1.86. The van der Waals surface area contributed by atoms with Crippen molar-refractivity contribution in [2.75, 3.05) is 0 Å². The maximum Gasteiger partial charge on any atom is 0 e. The van der Waals surface area contributed by atoms with Crippen molar-refractivity contribution in [1.29, 1.82) is 0 Å². The second kappa shape index (κ2) is 66.2. The molecule has 51 valence electrons. The fourth-order valence-electron chi connectivity index (χ4n) is 0.